The van der Waals surface area contributed by atoms with Crippen molar-refractivity contribution in [2.24, 2.45) is 4.99 Å². The zero-order chi connectivity index (χ0) is 7.94. The number of aliphatic imine (C=N–C) groups is 1. The number of amidine groups is 1. The lowest BCUT2D eigenvalue weighted by atomic mass is 10.1. The van der Waals surface area contributed by atoms with Gasteiger partial charge in [-0.05, 0) is 12.8 Å². The van der Waals surface area contributed by atoms with Gasteiger partial charge in [0.25, 0.3) is 0 Å². The van der Waals surface area contributed by atoms with E-state index in [2.05, 4.69) is 10.5 Å². The Bertz CT molecular complexity index is 134. The Balaban J connectivity index is 2.34. The van der Waals surface area contributed by atoms with E-state index in [0.29, 0.717) is 0 Å². The molecule has 0 amide bonds. The number of rotatable bonds is 0. The van der Waals surface area contributed by atoms with Crippen molar-refractivity contribution in [1.82, 2.24) is 5.48 Å². The van der Waals surface area contributed by atoms with Crippen LogP contribution in [0.15, 0.2) is 4.99 Å². The average Bonchev–Trinajstić information content (AvgIpc) is 2.16. The lowest BCUT2D eigenvalue weighted by molar-refractivity contribution is 0.231. The smallest absolute Gasteiger partial charge is 0.120 e. The SMILES string of the molecule is ONC1=NCCCCCCC1. The summed E-state index contributed by atoms with van der Waals surface area (Å²) in [6, 6.07) is 0. The molecule has 1 heterocycles. The minimum atomic E-state index is 0.756. The van der Waals surface area contributed by atoms with Gasteiger partial charge in [-0.25, -0.2) is 0 Å². The van der Waals surface area contributed by atoms with Gasteiger partial charge in [0.15, 0.2) is 0 Å². The summed E-state index contributed by atoms with van der Waals surface area (Å²) in [5.41, 5.74) is 2.15. The Morgan fingerprint density at radius 1 is 1.09 bits per heavy atom. The van der Waals surface area contributed by atoms with Crippen LogP contribution in [0.5, 0.6) is 0 Å². The van der Waals surface area contributed by atoms with Crippen LogP contribution in [0.25, 0.3) is 0 Å². The van der Waals surface area contributed by atoms with Crippen LogP contribution < -0.4 is 5.48 Å². The fourth-order valence-corrected chi connectivity index (χ4v) is 1.32. The summed E-state index contributed by atoms with van der Waals surface area (Å²) in [4.78, 5) is 4.22. The molecule has 0 saturated heterocycles. The van der Waals surface area contributed by atoms with Gasteiger partial charge in [-0.3, -0.25) is 15.7 Å². The molecule has 0 aromatic heterocycles. The van der Waals surface area contributed by atoms with E-state index < -0.39 is 0 Å². The number of hydroxylamine groups is 1. The molecule has 0 fully saturated rings. The highest BCUT2D eigenvalue weighted by Gasteiger charge is 2.00. The fraction of sp³-hybridized carbons (Fsp3) is 0.875. The molecule has 0 unspecified atom stereocenters. The van der Waals surface area contributed by atoms with Crippen molar-refractivity contribution in [3.63, 3.8) is 0 Å². The van der Waals surface area contributed by atoms with Crippen LogP contribution in [0.4, 0.5) is 0 Å². The van der Waals surface area contributed by atoms with Crippen LogP contribution in [0.2, 0.25) is 0 Å². The second-order valence-corrected chi connectivity index (χ2v) is 2.96. The van der Waals surface area contributed by atoms with Crippen LogP contribution >= 0.6 is 0 Å². The van der Waals surface area contributed by atoms with Gasteiger partial charge in [0.05, 0.1) is 0 Å². The van der Waals surface area contributed by atoms with Gasteiger partial charge in [-0.2, -0.15) is 0 Å². The highest BCUT2D eigenvalue weighted by Crippen LogP contribution is 2.08. The Morgan fingerprint density at radius 3 is 2.64 bits per heavy atom. The molecule has 0 radical (unpaired) electrons. The van der Waals surface area contributed by atoms with Gasteiger partial charge in [-0.15, -0.1) is 0 Å². The van der Waals surface area contributed by atoms with Crippen molar-refractivity contribution in [1.29, 1.82) is 0 Å². The maximum atomic E-state index is 8.62. The number of hydrogen-bond donors (Lipinski definition) is 2. The Kier molecular flexibility index (Phi) is 3.98. The van der Waals surface area contributed by atoms with Crippen molar-refractivity contribution in [3.8, 4) is 0 Å². The topological polar surface area (TPSA) is 44.6 Å². The van der Waals surface area contributed by atoms with Gasteiger partial charge in [0.1, 0.15) is 5.84 Å². The van der Waals surface area contributed by atoms with E-state index in [-0.39, 0.29) is 0 Å². The summed E-state index contributed by atoms with van der Waals surface area (Å²) in [5, 5.41) is 8.62. The van der Waals surface area contributed by atoms with Gasteiger partial charge < -0.3 is 0 Å². The molecule has 3 heteroatoms. The van der Waals surface area contributed by atoms with Crippen LogP contribution in [-0.4, -0.2) is 17.6 Å². The second kappa shape index (κ2) is 5.13. The normalized spacial score (nSPS) is 21.0. The van der Waals surface area contributed by atoms with Gasteiger partial charge in [-0.1, -0.05) is 19.3 Å². The minimum Gasteiger partial charge on any atom is -0.290 e. The van der Waals surface area contributed by atoms with Crippen LogP contribution in [-0.2, 0) is 0 Å². The van der Waals surface area contributed by atoms with E-state index in [1.54, 1.807) is 0 Å². The molecule has 0 atom stereocenters. The summed E-state index contributed by atoms with van der Waals surface area (Å²) < 4.78 is 0. The summed E-state index contributed by atoms with van der Waals surface area (Å²) in [6.07, 6.45) is 7.06. The number of nitrogens with zero attached hydrogens (tertiary/aromatic N) is 1. The molecule has 1 rings (SSSR count). The van der Waals surface area contributed by atoms with Crippen molar-refractivity contribution >= 4 is 5.84 Å². The summed E-state index contributed by atoms with van der Waals surface area (Å²) in [7, 11) is 0. The minimum absolute atomic E-state index is 0.756. The van der Waals surface area contributed by atoms with E-state index >= 15 is 0 Å². The molecule has 0 aromatic rings. The molecule has 64 valence electrons. The molecular weight excluding hydrogens is 140 g/mol. The van der Waals surface area contributed by atoms with Crippen molar-refractivity contribution in [3.05, 3.63) is 0 Å². The summed E-state index contributed by atoms with van der Waals surface area (Å²) in [6.45, 7) is 0.864. The summed E-state index contributed by atoms with van der Waals surface area (Å²) in [5.74, 6) is 0.756. The first-order valence-electron chi connectivity index (χ1n) is 4.37. The molecule has 2 N–H and O–H groups in total. The Hall–Kier alpha value is -0.570. The Labute approximate surface area is 67.5 Å². The van der Waals surface area contributed by atoms with Crippen LogP contribution in [0.1, 0.15) is 38.5 Å². The second-order valence-electron chi connectivity index (χ2n) is 2.96. The molecule has 3 nitrogen and oxygen atoms in total. The molecular formula is C8H16N2O. The zero-order valence-corrected chi connectivity index (χ0v) is 6.84. The van der Waals surface area contributed by atoms with Crippen LogP contribution in [0, 0.1) is 0 Å². The average molecular weight is 156 g/mol. The quantitative estimate of drug-likeness (QED) is 0.524. The standard InChI is InChI=1S/C8H16N2O/c11-10-8-6-4-2-1-3-5-7-9-8/h11H,1-7H2,(H,9,10). The monoisotopic (exact) mass is 156 g/mol. The maximum Gasteiger partial charge on any atom is 0.120 e. The molecule has 1 aliphatic heterocycles. The molecule has 0 aromatic carbocycles. The van der Waals surface area contributed by atoms with Crippen molar-refractivity contribution in [2.75, 3.05) is 6.54 Å². The first-order valence-corrected chi connectivity index (χ1v) is 4.37. The van der Waals surface area contributed by atoms with Crippen molar-refractivity contribution < 1.29 is 5.21 Å². The first kappa shape index (κ1) is 8.53. The first-order chi connectivity index (χ1) is 5.43. The van der Waals surface area contributed by atoms with E-state index in [1.807, 2.05) is 0 Å². The predicted octanol–water partition coefficient (Wildman–Crippen LogP) is 1.72. The number of nitrogens with one attached hydrogen (secondary N) is 1. The third-order valence-corrected chi connectivity index (χ3v) is 2.00. The van der Waals surface area contributed by atoms with Crippen LogP contribution in [0.3, 0.4) is 0 Å². The number of hydrogen-bond acceptors (Lipinski definition) is 3. The summed E-state index contributed by atoms with van der Waals surface area (Å²) >= 11 is 0. The highest BCUT2D eigenvalue weighted by molar-refractivity contribution is 5.80. The molecule has 0 bridgehead atoms. The third-order valence-electron chi connectivity index (χ3n) is 2.00. The molecule has 1 aliphatic rings. The van der Waals surface area contributed by atoms with Gasteiger partial charge in [0, 0.05) is 13.0 Å². The fourth-order valence-electron chi connectivity index (χ4n) is 1.32. The highest BCUT2D eigenvalue weighted by atomic mass is 16.5. The van der Waals surface area contributed by atoms with Gasteiger partial charge >= 0.3 is 0 Å². The van der Waals surface area contributed by atoms with E-state index in [1.165, 1.54) is 19.3 Å². The largest absolute Gasteiger partial charge is 0.290 e. The maximum absolute atomic E-state index is 8.62. The zero-order valence-electron chi connectivity index (χ0n) is 6.84. The third kappa shape index (κ3) is 3.37. The van der Waals surface area contributed by atoms with E-state index in [0.717, 1.165) is 31.6 Å². The lowest BCUT2D eigenvalue weighted by Gasteiger charge is -2.01. The van der Waals surface area contributed by atoms with Gasteiger partial charge in [0.2, 0.25) is 0 Å². The predicted molar refractivity (Wildman–Crippen MR) is 44.9 cm³/mol. The molecule has 0 saturated carbocycles. The molecule has 0 spiro atoms. The van der Waals surface area contributed by atoms with E-state index in [4.69, 9.17) is 5.21 Å². The lowest BCUT2D eigenvalue weighted by Crippen LogP contribution is -2.19. The van der Waals surface area contributed by atoms with Crippen molar-refractivity contribution in [2.45, 2.75) is 38.5 Å². The molecule has 0 aliphatic carbocycles. The molecule has 11 heavy (non-hydrogen) atoms. The Morgan fingerprint density at radius 2 is 1.82 bits per heavy atom. The van der Waals surface area contributed by atoms with E-state index in [9.17, 15) is 0 Å².